The first-order valence-electron chi connectivity index (χ1n) is 8.76. The number of rotatable bonds is 1. The zero-order valence-electron chi connectivity index (χ0n) is 13.6. The fourth-order valence-corrected chi connectivity index (χ4v) is 4.23. The molecule has 3 aromatic rings. The molecule has 0 amide bonds. The summed E-state index contributed by atoms with van der Waals surface area (Å²) in [5, 5.41) is 1.23. The highest BCUT2D eigenvalue weighted by molar-refractivity contribution is 5.98. The fraction of sp³-hybridized carbons (Fsp3) is 0.286. The van der Waals surface area contributed by atoms with Crippen molar-refractivity contribution in [1.82, 2.24) is 4.98 Å². The SMILES string of the molecule is Fc1ccc2c(c1)Cc1c-2nc2ccccc2c1N1CCCCC1. The number of fused-ring (bicyclic) bond motifs is 4. The number of pyridine rings is 1. The molecule has 5 rings (SSSR count). The lowest BCUT2D eigenvalue weighted by molar-refractivity contribution is 0.578. The van der Waals surface area contributed by atoms with Gasteiger partial charge < -0.3 is 4.90 Å². The summed E-state index contributed by atoms with van der Waals surface area (Å²) in [5.41, 5.74) is 6.84. The first-order valence-corrected chi connectivity index (χ1v) is 8.76. The average molecular weight is 318 g/mol. The van der Waals surface area contributed by atoms with E-state index >= 15 is 0 Å². The summed E-state index contributed by atoms with van der Waals surface area (Å²) < 4.78 is 13.7. The molecule has 0 bridgehead atoms. The predicted octanol–water partition coefficient (Wildman–Crippen LogP) is 4.94. The largest absolute Gasteiger partial charge is 0.371 e. The van der Waals surface area contributed by atoms with Crippen molar-refractivity contribution in [3.63, 3.8) is 0 Å². The minimum absolute atomic E-state index is 0.161. The molecule has 2 heterocycles. The summed E-state index contributed by atoms with van der Waals surface area (Å²) in [7, 11) is 0. The Bertz CT molecular complexity index is 942. The van der Waals surface area contributed by atoms with Crippen LogP contribution in [0.1, 0.15) is 30.4 Å². The van der Waals surface area contributed by atoms with E-state index in [-0.39, 0.29) is 5.82 Å². The van der Waals surface area contributed by atoms with E-state index in [1.807, 2.05) is 12.1 Å². The van der Waals surface area contributed by atoms with E-state index < -0.39 is 0 Å². The molecule has 0 N–H and O–H groups in total. The Morgan fingerprint density at radius 1 is 0.958 bits per heavy atom. The van der Waals surface area contributed by atoms with Crippen molar-refractivity contribution in [2.45, 2.75) is 25.7 Å². The summed E-state index contributed by atoms with van der Waals surface area (Å²) in [6.07, 6.45) is 4.58. The number of halogens is 1. The van der Waals surface area contributed by atoms with E-state index in [1.54, 1.807) is 12.1 Å². The van der Waals surface area contributed by atoms with Crippen LogP contribution in [0.15, 0.2) is 42.5 Å². The molecule has 0 saturated carbocycles. The van der Waals surface area contributed by atoms with Gasteiger partial charge in [-0.25, -0.2) is 9.37 Å². The first-order chi connectivity index (χ1) is 11.8. The minimum Gasteiger partial charge on any atom is -0.371 e. The Morgan fingerprint density at radius 2 is 1.79 bits per heavy atom. The maximum atomic E-state index is 13.7. The third-order valence-corrected chi connectivity index (χ3v) is 5.33. The molecule has 2 aliphatic rings. The fourth-order valence-electron chi connectivity index (χ4n) is 4.23. The van der Waals surface area contributed by atoms with Crippen LogP contribution in [0.25, 0.3) is 22.2 Å². The van der Waals surface area contributed by atoms with Crippen LogP contribution in [0.3, 0.4) is 0 Å². The van der Waals surface area contributed by atoms with Gasteiger partial charge in [0.2, 0.25) is 0 Å². The molecule has 24 heavy (non-hydrogen) atoms. The molecule has 0 spiro atoms. The number of piperidine rings is 1. The molecule has 1 fully saturated rings. The zero-order chi connectivity index (χ0) is 16.1. The number of benzene rings is 2. The Kier molecular flexibility index (Phi) is 3.09. The number of para-hydroxylation sites is 1. The third kappa shape index (κ3) is 2.04. The van der Waals surface area contributed by atoms with E-state index in [1.165, 1.54) is 35.9 Å². The summed E-state index contributed by atoms with van der Waals surface area (Å²) in [4.78, 5) is 7.46. The Labute approximate surface area is 140 Å². The normalized spacial score (nSPS) is 16.3. The number of nitrogens with zero attached hydrogens (tertiary/aromatic N) is 2. The van der Waals surface area contributed by atoms with Gasteiger partial charge in [-0.3, -0.25) is 0 Å². The van der Waals surface area contributed by atoms with Crippen LogP contribution in [0.5, 0.6) is 0 Å². The Morgan fingerprint density at radius 3 is 2.67 bits per heavy atom. The van der Waals surface area contributed by atoms with Crippen LogP contribution >= 0.6 is 0 Å². The second-order valence-electron chi connectivity index (χ2n) is 6.83. The van der Waals surface area contributed by atoms with E-state index in [4.69, 9.17) is 4.98 Å². The standard InChI is InChI=1S/C21H19FN2/c22-15-8-9-16-14(12-15)13-18-20(16)23-19-7-3-2-6-17(19)21(18)24-10-4-1-5-11-24/h2-3,6-9,12H,1,4-5,10-11,13H2. The summed E-state index contributed by atoms with van der Waals surface area (Å²) in [6, 6.07) is 13.5. The number of aromatic nitrogens is 1. The van der Waals surface area contributed by atoms with Gasteiger partial charge in [-0.1, -0.05) is 18.2 Å². The molecule has 0 unspecified atom stereocenters. The Balaban J connectivity index is 1.79. The monoisotopic (exact) mass is 318 g/mol. The molecule has 0 radical (unpaired) electrons. The molecule has 2 nitrogen and oxygen atoms in total. The summed E-state index contributed by atoms with van der Waals surface area (Å²) in [5.74, 6) is -0.161. The van der Waals surface area contributed by atoms with Gasteiger partial charge in [0, 0.05) is 36.0 Å². The molecule has 120 valence electrons. The lowest BCUT2D eigenvalue weighted by Gasteiger charge is -2.31. The van der Waals surface area contributed by atoms with E-state index in [9.17, 15) is 4.39 Å². The molecule has 3 heteroatoms. The minimum atomic E-state index is -0.161. The van der Waals surface area contributed by atoms with Gasteiger partial charge in [-0.15, -0.1) is 0 Å². The van der Waals surface area contributed by atoms with Crippen LogP contribution in [0.4, 0.5) is 10.1 Å². The van der Waals surface area contributed by atoms with Crippen LogP contribution in [-0.4, -0.2) is 18.1 Å². The molecule has 0 atom stereocenters. The molecule has 1 aliphatic heterocycles. The van der Waals surface area contributed by atoms with E-state index in [0.717, 1.165) is 41.8 Å². The van der Waals surface area contributed by atoms with E-state index in [2.05, 4.69) is 23.1 Å². The van der Waals surface area contributed by atoms with Gasteiger partial charge >= 0.3 is 0 Å². The highest BCUT2D eigenvalue weighted by atomic mass is 19.1. The van der Waals surface area contributed by atoms with Crippen LogP contribution in [0.2, 0.25) is 0 Å². The van der Waals surface area contributed by atoms with Crippen LogP contribution < -0.4 is 4.90 Å². The molecule has 1 aromatic heterocycles. The lowest BCUT2D eigenvalue weighted by atomic mass is 10.0. The van der Waals surface area contributed by atoms with Crippen molar-refractivity contribution in [1.29, 1.82) is 0 Å². The van der Waals surface area contributed by atoms with Gasteiger partial charge in [0.05, 0.1) is 16.9 Å². The van der Waals surface area contributed by atoms with Gasteiger partial charge in [-0.2, -0.15) is 0 Å². The summed E-state index contributed by atoms with van der Waals surface area (Å²) >= 11 is 0. The number of anilines is 1. The van der Waals surface area contributed by atoms with E-state index in [0.29, 0.717) is 0 Å². The first kappa shape index (κ1) is 14.0. The predicted molar refractivity (Wildman–Crippen MR) is 96.0 cm³/mol. The molecular formula is C21H19FN2. The highest BCUT2D eigenvalue weighted by Crippen LogP contribution is 2.44. The van der Waals surface area contributed by atoms with Gasteiger partial charge in [0.1, 0.15) is 5.82 Å². The summed E-state index contributed by atoms with van der Waals surface area (Å²) in [6.45, 7) is 2.20. The van der Waals surface area contributed by atoms with Crippen molar-refractivity contribution in [3.8, 4) is 11.3 Å². The Hall–Kier alpha value is -2.42. The second-order valence-corrected chi connectivity index (χ2v) is 6.83. The van der Waals surface area contributed by atoms with Crippen molar-refractivity contribution in [2.75, 3.05) is 18.0 Å². The highest BCUT2D eigenvalue weighted by Gasteiger charge is 2.28. The van der Waals surface area contributed by atoms with Crippen molar-refractivity contribution < 1.29 is 4.39 Å². The number of hydrogen-bond acceptors (Lipinski definition) is 2. The third-order valence-electron chi connectivity index (χ3n) is 5.33. The second kappa shape index (κ2) is 5.30. The van der Waals surface area contributed by atoms with Crippen molar-refractivity contribution >= 4 is 16.6 Å². The maximum absolute atomic E-state index is 13.7. The lowest BCUT2D eigenvalue weighted by Crippen LogP contribution is -2.30. The average Bonchev–Trinajstić information content (AvgIpc) is 2.97. The van der Waals surface area contributed by atoms with Gasteiger partial charge in [0.15, 0.2) is 0 Å². The quantitative estimate of drug-likeness (QED) is 0.494. The zero-order valence-corrected chi connectivity index (χ0v) is 13.6. The topological polar surface area (TPSA) is 16.1 Å². The molecule has 2 aromatic carbocycles. The van der Waals surface area contributed by atoms with Crippen molar-refractivity contribution in [3.05, 3.63) is 59.4 Å². The smallest absolute Gasteiger partial charge is 0.123 e. The van der Waals surface area contributed by atoms with Crippen LogP contribution in [-0.2, 0) is 6.42 Å². The van der Waals surface area contributed by atoms with Crippen LogP contribution in [0, 0.1) is 5.82 Å². The molecule has 1 aliphatic carbocycles. The van der Waals surface area contributed by atoms with Crippen molar-refractivity contribution in [2.24, 2.45) is 0 Å². The van der Waals surface area contributed by atoms with Gasteiger partial charge in [0.25, 0.3) is 0 Å². The maximum Gasteiger partial charge on any atom is 0.123 e. The molecule has 1 saturated heterocycles. The molecular weight excluding hydrogens is 299 g/mol. The van der Waals surface area contributed by atoms with Gasteiger partial charge in [-0.05, 0) is 49.1 Å². The number of hydrogen-bond donors (Lipinski definition) is 0.